The number of methoxy groups -OCH3 is 1. The average Bonchev–Trinajstić information content (AvgIpc) is 2.91. The first-order valence-electron chi connectivity index (χ1n) is 6.55. The third kappa shape index (κ3) is 2.52. The van der Waals surface area contributed by atoms with E-state index in [-0.39, 0.29) is 0 Å². The van der Waals surface area contributed by atoms with Gasteiger partial charge >= 0.3 is 0 Å². The summed E-state index contributed by atoms with van der Waals surface area (Å²) in [5.41, 5.74) is 2.35. The summed E-state index contributed by atoms with van der Waals surface area (Å²) >= 11 is 6.12. The van der Waals surface area contributed by atoms with Gasteiger partial charge in [0.05, 0.1) is 24.9 Å². The van der Waals surface area contributed by atoms with E-state index in [0.29, 0.717) is 22.9 Å². The Bertz CT molecular complexity index is 768. The molecule has 0 atom stereocenters. The van der Waals surface area contributed by atoms with Gasteiger partial charge in [-0.05, 0) is 37.3 Å². The fourth-order valence-corrected chi connectivity index (χ4v) is 2.36. The Morgan fingerprint density at radius 1 is 1.19 bits per heavy atom. The number of rotatable bonds is 4. The smallest absolute Gasteiger partial charge is 0.155 e. The molecule has 0 bridgehead atoms. The Morgan fingerprint density at radius 2 is 1.95 bits per heavy atom. The predicted octanol–water partition coefficient (Wildman–Crippen LogP) is 3.48. The molecular formula is C15H14ClN3O2. The second-order valence-corrected chi connectivity index (χ2v) is 4.84. The molecule has 6 heteroatoms. The van der Waals surface area contributed by atoms with Gasteiger partial charge in [-0.15, -0.1) is 5.10 Å². The highest BCUT2D eigenvalue weighted by Gasteiger charge is 2.12. The van der Waals surface area contributed by atoms with Crippen molar-refractivity contribution in [1.29, 1.82) is 0 Å². The van der Waals surface area contributed by atoms with Gasteiger partial charge in [-0.3, -0.25) is 0 Å². The van der Waals surface area contributed by atoms with Gasteiger partial charge in [0.2, 0.25) is 0 Å². The lowest BCUT2D eigenvalue weighted by molar-refractivity contribution is 0.340. The number of ether oxygens (including phenoxy) is 2. The molecule has 0 saturated heterocycles. The lowest BCUT2D eigenvalue weighted by Crippen LogP contribution is -1.97. The summed E-state index contributed by atoms with van der Waals surface area (Å²) < 4.78 is 12.4. The van der Waals surface area contributed by atoms with Crippen LogP contribution in [-0.2, 0) is 0 Å². The molecular weight excluding hydrogens is 290 g/mol. The van der Waals surface area contributed by atoms with Crippen molar-refractivity contribution in [2.45, 2.75) is 6.92 Å². The van der Waals surface area contributed by atoms with Crippen molar-refractivity contribution in [3.05, 3.63) is 41.4 Å². The number of halogens is 1. The van der Waals surface area contributed by atoms with E-state index >= 15 is 0 Å². The molecule has 0 aliphatic heterocycles. The normalized spacial score (nSPS) is 10.8. The molecule has 0 aliphatic carbocycles. The molecule has 1 aromatic heterocycles. The minimum absolute atomic E-state index is 0.578. The molecule has 0 unspecified atom stereocenters. The molecule has 0 aliphatic rings. The second-order valence-electron chi connectivity index (χ2n) is 4.40. The lowest BCUT2D eigenvalue weighted by atomic mass is 10.2. The SMILES string of the molecule is CCOc1ccc(-n2nnc3c(OC)cc(Cl)cc32)cc1. The molecule has 21 heavy (non-hydrogen) atoms. The minimum atomic E-state index is 0.578. The van der Waals surface area contributed by atoms with E-state index in [0.717, 1.165) is 17.0 Å². The zero-order chi connectivity index (χ0) is 14.8. The van der Waals surface area contributed by atoms with Crippen molar-refractivity contribution < 1.29 is 9.47 Å². The lowest BCUT2D eigenvalue weighted by Gasteiger charge is -2.06. The van der Waals surface area contributed by atoms with Crippen molar-refractivity contribution in [2.24, 2.45) is 0 Å². The van der Waals surface area contributed by atoms with Crippen molar-refractivity contribution in [2.75, 3.05) is 13.7 Å². The molecule has 0 fully saturated rings. The summed E-state index contributed by atoms with van der Waals surface area (Å²) in [6.45, 7) is 2.59. The van der Waals surface area contributed by atoms with Gasteiger partial charge in [0.1, 0.15) is 11.5 Å². The number of benzene rings is 2. The Balaban J connectivity index is 2.10. The molecule has 0 N–H and O–H groups in total. The van der Waals surface area contributed by atoms with E-state index in [9.17, 15) is 0 Å². The fraction of sp³-hybridized carbons (Fsp3) is 0.200. The molecule has 0 spiro atoms. The molecule has 3 rings (SSSR count). The van der Waals surface area contributed by atoms with E-state index in [4.69, 9.17) is 21.1 Å². The highest BCUT2D eigenvalue weighted by molar-refractivity contribution is 6.31. The molecule has 3 aromatic rings. The van der Waals surface area contributed by atoms with Gasteiger partial charge in [-0.25, -0.2) is 4.68 Å². The summed E-state index contributed by atoms with van der Waals surface area (Å²) in [5.74, 6) is 1.43. The molecule has 0 amide bonds. The summed E-state index contributed by atoms with van der Waals surface area (Å²) in [6, 6.07) is 11.2. The third-order valence-corrected chi connectivity index (χ3v) is 3.31. The topological polar surface area (TPSA) is 49.2 Å². The maximum atomic E-state index is 6.12. The van der Waals surface area contributed by atoms with Crippen LogP contribution in [0.1, 0.15) is 6.92 Å². The van der Waals surface area contributed by atoms with Gasteiger partial charge in [0.15, 0.2) is 5.52 Å². The van der Waals surface area contributed by atoms with E-state index in [2.05, 4.69) is 10.3 Å². The Kier molecular flexibility index (Phi) is 3.66. The van der Waals surface area contributed by atoms with Gasteiger partial charge in [0, 0.05) is 11.1 Å². The molecule has 0 radical (unpaired) electrons. The van der Waals surface area contributed by atoms with Crippen LogP contribution in [0, 0.1) is 0 Å². The van der Waals surface area contributed by atoms with Crippen LogP contribution in [0.3, 0.4) is 0 Å². The zero-order valence-electron chi connectivity index (χ0n) is 11.7. The summed E-state index contributed by atoms with van der Waals surface area (Å²) in [6.07, 6.45) is 0. The van der Waals surface area contributed by atoms with E-state index in [1.54, 1.807) is 17.9 Å². The van der Waals surface area contributed by atoms with Gasteiger partial charge < -0.3 is 9.47 Å². The number of hydrogen-bond acceptors (Lipinski definition) is 4. The first-order valence-corrected chi connectivity index (χ1v) is 6.93. The Hall–Kier alpha value is -2.27. The van der Waals surface area contributed by atoms with Crippen molar-refractivity contribution in [1.82, 2.24) is 15.0 Å². The largest absolute Gasteiger partial charge is 0.494 e. The number of fused-ring (bicyclic) bond motifs is 1. The van der Waals surface area contributed by atoms with Crippen LogP contribution < -0.4 is 9.47 Å². The van der Waals surface area contributed by atoms with Gasteiger partial charge in [-0.2, -0.15) is 0 Å². The number of hydrogen-bond donors (Lipinski definition) is 0. The third-order valence-electron chi connectivity index (χ3n) is 3.09. The maximum Gasteiger partial charge on any atom is 0.155 e. The van der Waals surface area contributed by atoms with E-state index in [1.165, 1.54) is 0 Å². The van der Waals surface area contributed by atoms with Crippen molar-refractivity contribution in [3.63, 3.8) is 0 Å². The quantitative estimate of drug-likeness (QED) is 0.740. The first-order chi connectivity index (χ1) is 10.2. The monoisotopic (exact) mass is 303 g/mol. The van der Waals surface area contributed by atoms with Crippen LogP contribution in [0.4, 0.5) is 0 Å². The maximum absolute atomic E-state index is 6.12. The highest BCUT2D eigenvalue weighted by atomic mass is 35.5. The predicted molar refractivity (Wildman–Crippen MR) is 81.6 cm³/mol. The highest BCUT2D eigenvalue weighted by Crippen LogP contribution is 2.29. The number of aromatic nitrogens is 3. The molecule has 0 saturated carbocycles. The van der Waals surface area contributed by atoms with Gasteiger partial charge in [-0.1, -0.05) is 16.8 Å². The summed E-state index contributed by atoms with van der Waals surface area (Å²) in [5, 5.41) is 8.92. The van der Waals surface area contributed by atoms with Crippen LogP contribution in [0.5, 0.6) is 11.5 Å². The van der Waals surface area contributed by atoms with Crippen LogP contribution >= 0.6 is 11.6 Å². The van der Waals surface area contributed by atoms with Crippen LogP contribution in [0.25, 0.3) is 16.7 Å². The summed E-state index contributed by atoms with van der Waals surface area (Å²) in [4.78, 5) is 0. The molecule has 2 aromatic carbocycles. The van der Waals surface area contributed by atoms with Crippen molar-refractivity contribution >= 4 is 22.6 Å². The Morgan fingerprint density at radius 3 is 2.62 bits per heavy atom. The molecule has 1 heterocycles. The molecule has 108 valence electrons. The summed E-state index contributed by atoms with van der Waals surface area (Å²) in [7, 11) is 1.58. The van der Waals surface area contributed by atoms with Crippen LogP contribution in [0.15, 0.2) is 36.4 Å². The Labute approximate surface area is 127 Å². The van der Waals surface area contributed by atoms with Crippen LogP contribution in [-0.4, -0.2) is 28.7 Å². The second kappa shape index (κ2) is 5.61. The van der Waals surface area contributed by atoms with E-state index < -0.39 is 0 Å². The standard InChI is InChI=1S/C15H14ClN3O2/c1-3-21-12-6-4-11(5-7-12)19-13-8-10(16)9-14(20-2)15(13)17-18-19/h4-9H,3H2,1-2H3. The zero-order valence-corrected chi connectivity index (χ0v) is 12.5. The fourth-order valence-electron chi connectivity index (χ4n) is 2.16. The number of nitrogens with zero attached hydrogens (tertiary/aromatic N) is 3. The van der Waals surface area contributed by atoms with Gasteiger partial charge in [0.25, 0.3) is 0 Å². The van der Waals surface area contributed by atoms with Crippen molar-refractivity contribution in [3.8, 4) is 17.2 Å². The first kappa shape index (κ1) is 13.7. The van der Waals surface area contributed by atoms with Crippen LogP contribution in [0.2, 0.25) is 5.02 Å². The molecule has 5 nitrogen and oxygen atoms in total. The van der Waals surface area contributed by atoms with E-state index in [1.807, 2.05) is 37.3 Å². The average molecular weight is 304 g/mol. The minimum Gasteiger partial charge on any atom is -0.494 e.